The summed E-state index contributed by atoms with van der Waals surface area (Å²) >= 11 is 0. The van der Waals surface area contributed by atoms with Crippen molar-refractivity contribution in [2.24, 2.45) is 0 Å². The summed E-state index contributed by atoms with van der Waals surface area (Å²) in [5.74, 6) is 0. The number of H-pyrrole nitrogens is 2. The molecule has 14 rings (SSSR count). The fourth-order valence-corrected chi connectivity index (χ4v) is 10.2. The van der Waals surface area contributed by atoms with E-state index in [-0.39, 0.29) is 2.85 Å². The van der Waals surface area contributed by atoms with Crippen molar-refractivity contribution in [1.29, 1.82) is 0 Å². The first-order valence-electron chi connectivity index (χ1n) is 24.8. The molecule has 0 fully saturated rings. The minimum absolute atomic E-state index is 0. The fraction of sp³-hybridized carbons (Fsp3) is 0.0294. The number of pyridine rings is 2. The highest BCUT2D eigenvalue weighted by molar-refractivity contribution is 6.15. The van der Waals surface area contributed by atoms with E-state index in [1.165, 1.54) is 98.6 Å². The highest BCUT2D eigenvalue weighted by atomic mass is 14.7. The van der Waals surface area contributed by atoms with Gasteiger partial charge in [-0.05, 0) is 139 Å². The van der Waals surface area contributed by atoms with Gasteiger partial charge < -0.3 is 9.97 Å². The molecule has 0 spiro atoms. The summed E-state index contributed by atoms with van der Waals surface area (Å²) < 4.78 is 0. The van der Waals surface area contributed by atoms with Gasteiger partial charge in [-0.25, -0.2) is 0 Å². The Bertz CT molecular complexity index is 4250. The van der Waals surface area contributed by atoms with Gasteiger partial charge in [-0.1, -0.05) is 172 Å². The second-order valence-electron chi connectivity index (χ2n) is 18.0. The van der Waals surface area contributed by atoms with Gasteiger partial charge in [0.15, 0.2) is 0 Å². The van der Waals surface area contributed by atoms with E-state index >= 15 is 0 Å². The molecule has 0 amide bonds. The standard InChI is InChI=1S/C34H23N3.C32H21N.C2H6.2H2/c1-2-14-33-30(13-1)32-20-29(25-9-3-7-23(17-25)27-11-5-15-35-21-27)19-31(34(32)37-33)26-10-4-8-24(18-26)28-12-6-16-36-22-28;1-3-9-23-17-25(15-13-21(23)7-1)27-19-29(26-16-14-22-8-2-4-10-24(22)18-26)32-30(20-27)28-11-5-6-12-31(28)33-32;1-2;;/h1-22,37H;1-20,33H;1-2H3;2*1H. The minimum atomic E-state index is 0. The molecule has 0 radical (unpaired) electrons. The van der Waals surface area contributed by atoms with Crippen molar-refractivity contribution in [2.75, 3.05) is 0 Å². The van der Waals surface area contributed by atoms with Crippen LogP contribution in [0.1, 0.15) is 16.7 Å². The molecule has 4 heterocycles. The van der Waals surface area contributed by atoms with E-state index in [9.17, 15) is 0 Å². The maximum absolute atomic E-state index is 4.32. The lowest BCUT2D eigenvalue weighted by atomic mass is 9.93. The second kappa shape index (κ2) is 19.2. The van der Waals surface area contributed by atoms with Crippen LogP contribution >= 0.6 is 0 Å². The normalized spacial score (nSPS) is 11.2. The maximum Gasteiger partial charge on any atom is 0.0544 e. The van der Waals surface area contributed by atoms with Gasteiger partial charge in [0.05, 0.1) is 11.0 Å². The van der Waals surface area contributed by atoms with Crippen LogP contribution in [0.25, 0.3) is 132 Å². The number of nitrogens with one attached hydrogen (secondary N) is 2. The monoisotopic (exact) mass is 926 g/mol. The molecule has 0 unspecified atom stereocenters. The van der Waals surface area contributed by atoms with Gasteiger partial charge in [0, 0.05) is 82.5 Å². The predicted molar refractivity (Wildman–Crippen MR) is 310 cm³/mol. The largest absolute Gasteiger partial charge is 0.354 e. The summed E-state index contributed by atoms with van der Waals surface area (Å²) in [5, 5.41) is 10.0. The molecular formula is C68H54N4. The second-order valence-corrected chi connectivity index (χ2v) is 18.0. The molecular weight excluding hydrogens is 873 g/mol. The third-order valence-corrected chi connectivity index (χ3v) is 13.7. The number of hydrogen-bond acceptors (Lipinski definition) is 2. The molecule has 4 heteroatoms. The van der Waals surface area contributed by atoms with Crippen LogP contribution < -0.4 is 0 Å². The summed E-state index contributed by atoms with van der Waals surface area (Å²) in [7, 11) is 0. The van der Waals surface area contributed by atoms with Gasteiger partial charge in [0.1, 0.15) is 0 Å². The molecule has 10 aromatic carbocycles. The Morgan fingerprint density at radius 2 is 0.667 bits per heavy atom. The minimum Gasteiger partial charge on any atom is -0.354 e. The maximum atomic E-state index is 4.32. The SMILES string of the molecule is CC.[HH].[HH].c1ccc2cc(-c3cc(-c4ccc5ccccc5c4)c4[nH]c5ccccc5c4c3)ccc2c1.c1cncc(-c2cccc(-c3cc(-c4cccc(-c5cccnc5)c4)c4[nH]c5ccccc5c4c3)c2)c1. The molecule has 0 aliphatic rings. The first-order valence-corrected chi connectivity index (χ1v) is 24.8. The molecule has 0 aliphatic carbocycles. The number of fused-ring (bicyclic) bond motifs is 8. The predicted octanol–water partition coefficient (Wildman–Crippen LogP) is 19.3. The van der Waals surface area contributed by atoms with Crippen LogP contribution in [0.2, 0.25) is 0 Å². The van der Waals surface area contributed by atoms with E-state index in [0.29, 0.717) is 0 Å². The smallest absolute Gasteiger partial charge is 0.0544 e. The number of aromatic nitrogens is 4. The van der Waals surface area contributed by atoms with Crippen LogP contribution in [-0.2, 0) is 0 Å². The summed E-state index contributed by atoms with van der Waals surface area (Å²) in [6.45, 7) is 4.00. The van der Waals surface area contributed by atoms with Crippen LogP contribution in [0.3, 0.4) is 0 Å². The lowest BCUT2D eigenvalue weighted by Crippen LogP contribution is -1.87. The summed E-state index contributed by atoms with van der Waals surface area (Å²) in [5.41, 5.74) is 18.8. The van der Waals surface area contributed by atoms with E-state index in [2.05, 4.69) is 238 Å². The van der Waals surface area contributed by atoms with Crippen LogP contribution in [-0.4, -0.2) is 19.9 Å². The lowest BCUT2D eigenvalue weighted by molar-refractivity contribution is 1.33. The van der Waals surface area contributed by atoms with Gasteiger partial charge in [-0.3, -0.25) is 9.97 Å². The number of aromatic amines is 2. The van der Waals surface area contributed by atoms with Crippen LogP contribution in [0, 0.1) is 0 Å². The number of nitrogens with zero attached hydrogens (tertiary/aromatic N) is 2. The molecule has 2 N–H and O–H groups in total. The van der Waals surface area contributed by atoms with Gasteiger partial charge in [0.25, 0.3) is 0 Å². The van der Waals surface area contributed by atoms with Gasteiger partial charge >= 0.3 is 0 Å². The average Bonchev–Trinajstić information content (AvgIpc) is 4.04. The first kappa shape index (κ1) is 43.9. The van der Waals surface area contributed by atoms with E-state index < -0.39 is 0 Å². The van der Waals surface area contributed by atoms with Crippen molar-refractivity contribution in [2.45, 2.75) is 13.8 Å². The number of hydrogen-bond donors (Lipinski definition) is 2. The van der Waals surface area contributed by atoms with Crippen LogP contribution in [0.15, 0.2) is 255 Å². The number of benzene rings is 10. The number of para-hydroxylation sites is 2. The van der Waals surface area contributed by atoms with E-state index in [1.54, 1.807) is 0 Å². The average molecular weight is 927 g/mol. The highest BCUT2D eigenvalue weighted by Gasteiger charge is 2.16. The Kier molecular flexibility index (Phi) is 11.7. The van der Waals surface area contributed by atoms with Crippen LogP contribution in [0.5, 0.6) is 0 Å². The first-order chi connectivity index (χ1) is 35.7. The molecule has 72 heavy (non-hydrogen) atoms. The van der Waals surface area contributed by atoms with E-state index in [1.807, 2.05) is 50.8 Å². The Morgan fingerprint density at radius 3 is 1.18 bits per heavy atom. The molecule has 0 saturated heterocycles. The van der Waals surface area contributed by atoms with Crippen molar-refractivity contribution in [3.63, 3.8) is 0 Å². The Labute approximate surface area is 421 Å². The molecule has 14 aromatic rings. The Hall–Kier alpha value is -9.38. The van der Waals surface area contributed by atoms with Crippen molar-refractivity contribution in [3.8, 4) is 66.8 Å². The topological polar surface area (TPSA) is 57.4 Å². The molecule has 0 atom stereocenters. The molecule has 346 valence electrons. The lowest BCUT2D eigenvalue weighted by Gasteiger charge is -2.12. The van der Waals surface area contributed by atoms with Crippen molar-refractivity contribution < 1.29 is 2.85 Å². The zero-order valence-corrected chi connectivity index (χ0v) is 40.1. The number of rotatable bonds is 6. The van der Waals surface area contributed by atoms with E-state index in [4.69, 9.17) is 0 Å². The molecule has 4 nitrogen and oxygen atoms in total. The summed E-state index contributed by atoms with van der Waals surface area (Å²) in [4.78, 5) is 16.0. The van der Waals surface area contributed by atoms with Gasteiger partial charge in [-0.2, -0.15) is 0 Å². The molecule has 0 bridgehead atoms. The van der Waals surface area contributed by atoms with Gasteiger partial charge in [-0.15, -0.1) is 0 Å². The van der Waals surface area contributed by atoms with Crippen molar-refractivity contribution in [1.82, 2.24) is 19.9 Å². The molecule has 0 aliphatic heterocycles. The molecule has 4 aromatic heterocycles. The van der Waals surface area contributed by atoms with Gasteiger partial charge in [0.2, 0.25) is 0 Å². The highest BCUT2D eigenvalue weighted by Crippen LogP contribution is 2.41. The fourth-order valence-electron chi connectivity index (χ4n) is 10.2. The quantitative estimate of drug-likeness (QED) is 0.175. The van der Waals surface area contributed by atoms with Crippen molar-refractivity contribution >= 4 is 65.2 Å². The Morgan fingerprint density at radius 1 is 0.278 bits per heavy atom. The summed E-state index contributed by atoms with van der Waals surface area (Å²) in [6.07, 6.45) is 7.45. The van der Waals surface area contributed by atoms with Crippen molar-refractivity contribution in [3.05, 3.63) is 255 Å². The third-order valence-electron chi connectivity index (χ3n) is 13.7. The van der Waals surface area contributed by atoms with Crippen LogP contribution in [0.4, 0.5) is 0 Å². The van der Waals surface area contributed by atoms with E-state index in [0.717, 1.165) is 33.3 Å². The Balaban J connectivity index is 0.000000161. The zero-order chi connectivity index (χ0) is 48.4. The zero-order valence-electron chi connectivity index (χ0n) is 40.1. The summed E-state index contributed by atoms with van der Waals surface area (Å²) in [6, 6.07) is 82.6. The molecule has 0 saturated carbocycles. The third kappa shape index (κ3) is 8.35.